The van der Waals surface area contributed by atoms with Crippen molar-refractivity contribution in [2.75, 3.05) is 0 Å². The molecule has 0 aliphatic heterocycles. The molecule has 3 heteroatoms. The smallest absolute Gasteiger partial charge is 0.0938 e. The van der Waals surface area contributed by atoms with Gasteiger partial charge in [0, 0.05) is 0 Å². The number of hydrogen-bond acceptors (Lipinski definition) is 3. The Morgan fingerprint density at radius 1 is 1.31 bits per heavy atom. The third-order valence-corrected chi connectivity index (χ3v) is 3.61. The molecule has 16 heavy (non-hydrogen) atoms. The van der Waals surface area contributed by atoms with Crippen LogP contribution in [0.4, 0.5) is 0 Å². The lowest BCUT2D eigenvalue weighted by atomic mass is 10.0. The summed E-state index contributed by atoms with van der Waals surface area (Å²) in [6, 6.07) is 8.21. The molecule has 1 heterocycles. The second-order valence-electron chi connectivity index (χ2n) is 4.74. The van der Waals surface area contributed by atoms with Crippen molar-refractivity contribution in [2.45, 2.75) is 38.7 Å². The highest BCUT2D eigenvalue weighted by Gasteiger charge is 2.12. The van der Waals surface area contributed by atoms with Gasteiger partial charge in [-0.05, 0) is 45.2 Å². The van der Waals surface area contributed by atoms with Crippen LogP contribution < -0.4 is 0 Å². The molecule has 0 fully saturated rings. The fraction of sp³-hybridized carbons (Fsp3) is 0.462. The molecule has 1 aromatic heterocycles. The highest BCUT2D eigenvalue weighted by molar-refractivity contribution is 7.18. The minimum atomic E-state index is -0.559. The third-order valence-electron chi connectivity index (χ3n) is 2.52. The van der Waals surface area contributed by atoms with Gasteiger partial charge in [-0.25, -0.2) is 4.98 Å². The Hall–Kier alpha value is -0.930. The van der Waals surface area contributed by atoms with Crippen LogP contribution in [0, 0.1) is 0 Å². The lowest BCUT2D eigenvalue weighted by Gasteiger charge is -2.15. The molecule has 1 N–H and O–H groups in total. The van der Waals surface area contributed by atoms with Gasteiger partial charge < -0.3 is 5.11 Å². The Labute approximate surface area is 100.0 Å². The summed E-state index contributed by atoms with van der Waals surface area (Å²) in [6.07, 6.45) is 2.77. The van der Waals surface area contributed by atoms with E-state index < -0.39 is 5.60 Å². The Morgan fingerprint density at radius 2 is 2.06 bits per heavy atom. The van der Waals surface area contributed by atoms with Crippen LogP contribution >= 0.6 is 11.3 Å². The van der Waals surface area contributed by atoms with E-state index in [-0.39, 0.29) is 0 Å². The summed E-state index contributed by atoms with van der Waals surface area (Å²) in [5, 5.41) is 10.8. The van der Waals surface area contributed by atoms with Crippen LogP contribution in [-0.2, 0) is 6.42 Å². The summed E-state index contributed by atoms with van der Waals surface area (Å²) >= 11 is 1.76. The normalized spacial score (nSPS) is 12.2. The van der Waals surface area contributed by atoms with Gasteiger partial charge in [-0.3, -0.25) is 0 Å². The number of benzene rings is 1. The van der Waals surface area contributed by atoms with Gasteiger partial charge in [0.05, 0.1) is 20.8 Å². The van der Waals surface area contributed by atoms with Gasteiger partial charge in [0.15, 0.2) is 0 Å². The summed E-state index contributed by atoms with van der Waals surface area (Å²) in [4.78, 5) is 4.57. The molecule has 86 valence electrons. The quantitative estimate of drug-likeness (QED) is 0.881. The highest BCUT2D eigenvalue weighted by Crippen LogP contribution is 2.23. The van der Waals surface area contributed by atoms with Crippen molar-refractivity contribution >= 4 is 21.6 Å². The van der Waals surface area contributed by atoms with E-state index >= 15 is 0 Å². The maximum absolute atomic E-state index is 9.62. The van der Waals surface area contributed by atoms with E-state index in [0.717, 1.165) is 24.8 Å². The molecule has 0 bridgehead atoms. The molecule has 2 aromatic rings. The summed E-state index contributed by atoms with van der Waals surface area (Å²) < 4.78 is 1.25. The fourth-order valence-corrected chi connectivity index (χ4v) is 2.71. The number of aryl methyl sites for hydroxylation is 1. The molecular formula is C13H17NOS. The Bertz CT molecular complexity index is 437. The zero-order valence-electron chi connectivity index (χ0n) is 9.73. The van der Waals surface area contributed by atoms with E-state index in [9.17, 15) is 5.11 Å². The van der Waals surface area contributed by atoms with Crippen LogP contribution in [0.15, 0.2) is 24.3 Å². The first-order valence-electron chi connectivity index (χ1n) is 5.61. The molecule has 0 unspecified atom stereocenters. The van der Waals surface area contributed by atoms with E-state index in [1.54, 1.807) is 11.3 Å². The van der Waals surface area contributed by atoms with E-state index in [1.165, 1.54) is 9.71 Å². The second-order valence-corrected chi connectivity index (χ2v) is 5.86. The van der Waals surface area contributed by atoms with E-state index in [0.29, 0.717) is 0 Å². The maximum atomic E-state index is 9.62. The zero-order valence-corrected chi connectivity index (χ0v) is 10.5. The van der Waals surface area contributed by atoms with Gasteiger partial charge >= 0.3 is 0 Å². The fourth-order valence-electron chi connectivity index (χ4n) is 1.70. The second kappa shape index (κ2) is 4.52. The number of fused-ring (bicyclic) bond motifs is 1. The van der Waals surface area contributed by atoms with Crippen molar-refractivity contribution in [2.24, 2.45) is 0 Å². The molecule has 0 spiro atoms. The van der Waals surface area contributed by atoms with E-state index in [4.69, 9.17) is 0 Å². The van der Waals surface area contributed by atoms with Gasteiger partial charge in [0.2, 0.25) is 0 Å². The number of hydrogen-bond donors (Lipinski definition) is 1. The molecule has 0 atom stereocenters. The van der Waals surface area contributed by atoms with Crippen molar-refractivity contribution in [1.82, 2.24) is 4.98 Å². The monoisotopic (exact) mass is 235 g/mol. The Morgan fingerprint density at radius 3 is 2.75 bits per heavy atom. The summed E-state index contributed by atoms with van der Waals surface area (Å²) in [5.41, 5.74) is 0.530. The van der Waals surface area contributed by atoms with Crippen LogP contribution in [0.25, 0.3) is 10.2 Å². The first-order chi connectivity index (χ1) is 7.54. The predicted octanol–water partition coefficient (Wildman–Crippen LogP) is 3.39. The summed E-state index contributed by atoms with van der Waals surface area (Å²) in [7, 11) is 0. The minimum Gasteiger partial charge on any atom is -0.390 e. The van der Waals surface area contributed by atoms with Crippen LogP contribution in [0.3, 0.4) is 0 Å². The number of aliphatic hydroxyl groups is 1. The standard InChI is InChI=1S/C13H17NOS/c1-13(2,15)9-5-8-12-14-10-6-3-4-7-11(10)16-12/h3-4,6-7,15H,5,8-9H2,1-2H3. The molecule has 0 saturated heterocycles. The molecule has 0 aliphatic carbocycles. The maximum Gasteiger partial charge on any atom is 0.0938 e. The number of rotatable bonds is 4. The Kier molecular flexibility index (Phi) is 3.26. The zero-order chi connectivity index (χ0) is 11.6. The van der Waals surface area contributed by atoms with Crippen LogP contribution in [0.5, 0.6) is 0 Å². The lowest BCUT2D eigenvalue weighted by molar-refractivity contribution is 0.0689. The molecule has 0 amide bonds. The average molecular weight is 235 g/mol. The lowest BCUT2D eigenvalue weighted by Crippen LogP contribution is -2.18. The Balaban J connectivity index is 2.00. The molecular weight excluding hydrogens is 218 g/mol. The number of para-hydroxylation sites is 1. The van der Waals surface area contributed by atoms with Crippen molar-refractivity contribution in [3.63, 3.8) is 0 Å². The molecule has 0 radical (unpaired) electrons. The minimum absolute atomic E-state index is 0.559. The van der Waals surface area contributed by atoms with Gasteiger partial charge in [0.1, 0.15) is 0 Å². The summed E-state index contributed by atoms with van der Waals surface area (Å²) in [6.45, 7) is 3.71. The highest BCUT2D eigenvalue weighted by atomic mass is 32.1. The molecule has 0 aliphatic rings. The molecule has 0 saturated carbocycles. The SMILES string of the molecule is CC(C)(O)CCCc1nc2ccccc2s1. The van der Waals surface area contributed by atoms with Gasteiger partial charge in [-0.2, -0.15) is 0 Å². The number of thiazole rings is 1. The first kappa shape index (κ1) is 11.6. The molecule has 1 aromatic carbocycles. The number of nitrogens with zero attached hydrogens (tertiary/aromatic N) is 1. The van der Waals surface area contributed by atoms with Crippen molar-refractivity contribution < 1.29 is 5.11 Å². The average Bonchev–Trinajstić information content (AvgIpc) is 2.57. The number of aromatic nitrogens is 1. The third kappa shape index (κ3) is 3.03. The van der Waals surface area contributed by atoms with Gasteiger partial charge in [0.25, 0.3) is 0 Å². The van der Waals surface area contributed by atoms with Gasteiger partial charge in [-0.1, -0.05) is 12.1 Å². The van der Waals surface area contributed by atoms with E-state index in [1.807, 2.05) is 32.0 Å². The van der Waals surface area contributed by atoms with Gasteiger partial charge in [-0.15, -0.1) is 11.3 Å². The largest absolute Gasteiger partial charge is 0.390 e. The van der Waals surface area contributed by atoms with Crippen LogP contribution in [0.1, 0.15) is 31.7 Å². The first-order valence-corrected chi connectivity index (χ1v) is 6.43. The predicted molar refractivity (Wildman–Crippen MR) is 68.9 cm³/mol. The molecule has 2 rings (SSSR count). The van der Waals surface area contributed by atoms with Crippen molar-refractivity contribution in [3.05, 3.63) is 29.3 Å². The van der Waals surface area contributed by atoms with Crippen molar-refractivity contribution in [3.8, 4) is 0 Å². The van der Waals surface area contributed by atoms with E-state index in [2.05, 4.69) is 11.1 Å². The topological polar surface area (TPSA) is 33.1 Å². The molecule has 2 nitrogen and oxygen atoms in total. The van der Waals surface area contributed by atoms with Crippen LogP contribution in [0.2, 0.25) is 0 Å². The van der Waals surface area contributed by atoms with Crippen LogP contribution in [-0.4, -0.2) is 15.7 Å². The summed E-state index contributed by atoms with van der Waals surface area (Å²) in [5.74, 6) is 0. The van der Waals surface area contributed by atoms with Crippen molar-refractivity contribution in [1.29, 1.82) is 0 Å².